The first-order valence-corrected chi connectivity index (χ1v) is 15.3. The fourth-order valence-electron chi connectivity index (χ4n) is 5.10. The van der Waals surface area contributed by atoms with Gasteiger partial charge in [0, 0.05) is 16.3 Å². The molecule has 0 amide bonds. The zero-order valence-electron chi connectivity index (χ0n) is 25.3. The Bertz CT molecular complexity index is 1330. The molecule has 0 fully saturated rings. The molecule has 1 heterocycles. The van der Waals surface area contributed by atoms with Gasteiger partial charge in [-0.15, -0.1) is 0 Å². The quantitative estimate of drug-likeness (QED) is 0.115. The fourth-order valence-corrected chi connectivity index (χ4v) is 5.10. The third kappa shape index (κ3) is 9.40. The molecule has 1 aromatic heterocycles. The summed E-state index contributed by atoms with van der Waals surface area (Å²) in [5, 5.41) is 1.91. The molecule has 0 radical (unpaired) electrons. The Hall–Kier alpha value is -3.23. The van der Waals surface area contributed by atoms with Crippen molar-refractivity contribution in [2.45, 2.75) is 66.2 Å². The number of fused-ring (bicyclic) bond motifs is 3. The molecule has 8 nitrogen and oxygen atoms in total. The normalized spacial score (nSPS) is 11.6. The molecule has 8 heteroatoms. The van der Waals surface area contributed by atoms with Crippen molar-refractivity contribution in [3.63, 3.8) is 0 Å². The lowest BCUT2D eigenvalue weighted by molar-refractivity contribution is 0.0488. The predicted molar refractivity (Wildman–Crippen MR) is 166 cm³/mol. The Morgan fingerprint density at radius 1 is 0.634 bits per heavy atom. The van der Waals surface area contributed by atoms with Gasteiger partial charge in [0.05, 0.1) is 24.3 Å². The minimum Gasteiger partial charge on any atom is -0.462 e. The van der Waals surface area contributed by atoms with E-state index in [0.29, 0.717) is 40.6 Å². The molecule has 0 aliphatic rings. The van der Waals surface area contributed by atoms with Crippen LogP contribution in [0, 0.1) is 0 Å². The molecule has 0 aliphatic carbocycles. The predicted octanol–water partition coefficient (Wildman–Crippen LogP) is 6.02. The van der Waals surface area contributed by atoms with Crippen molar-refractivity contribution in [1.82, 2.24) is 14.8 Å². The summed E-state index contributed by atoms with van der Waals surface area (Å²) in [5.74, 6) is -0.830. The Labute approximate surface area is 244 Å². The van der Waals surface area contributed by atoms with Crippen molar-refractivity contribution in [1.29, 1.82) is 0 Å². The largest absolute Gasteiger partial charge is 0.462 e. The highest BCUT2D eigenvalue weighted by atomic mass is 16.5. The second-order valence-electron chi connectivity index (χ2n) is 10.4. The monoisotopic (exact) mass is 565 g/mol. The first kappa shape index (κ1) is 32.3. The van der Waals surface area contributed by atoms with E-state index in [1.165, 1.54) is 0 Å². The highest BCUT2D eigenvalue weighted by Crippen LogP contribution is 2.24. The van der Waals surface area contributed by atoms with Crippen LogP contribution in [0.5, 0.6) is 0 Å². The van der Waals surface area contributed by atoms with E-state index < -0.39 is 11.9 Å². The zero-order chi connectivity index (χ0) is 29.6. The molecule has 0 saturated heterocycles. The molecule has 3 aromatic rings. The summed E-state index contributed by atoms with van der Waals surface area (Å²) in [5.41, 5.74) is 0.976. The number of esters is 2. The summed E-state index contributed by atoms with van der Waals surface area (Å²) < 4.78 is 10.9. The summed E-state index contributed by atoms with van der Waals surface area (Å²) in [4.78, 5) is 45.8. The van der Waals surface area contributed by atoms with Crippen LogP contribution in [0.4, 0.5) is 0 Å². The average Bonchev–Trinajstić information content (AvgIpc) is 2.99. The number of aromatic amines is 1. The maximum Gasteiger partial charge on any atom is 0.338 e. The summed E-state index contributed by atoms with van der Waals surface area (Å²) in [6, 6.07) is 10.2. The third-order valence-corrected chi connectivity index (χ3v) is 7.79. The Morgan fingerprint density at radius 3 is 1.63 bits per heavy atom. The number of pyridine rings is 1. The number of ether oxygens (including phenoxy) is 2. The van der Waals surface area contributed by atoms with E-state index in [-0.39, 0.29) is 5.56 Å². The van der Waals surface area contributed by atoms with Crippen molar-refractivity contribution < 1.29 is 19.1 Å². The van der Waals surface area contributed by atoms with Gasteiger partial charge in [-0.25, -0.2) is 9.59 Å². The van der Waals surface area contributed by atoms with Gasteiger partial charge < -0.3 is 24.3 Å². The molecule has 0 spiro atoms. The van der Waals surface area contributed by atoms with E-state index in [1.807, 2.05) is 6.07 Å². The standard InChI is InChI=1S/C33H47N3O5/c1-5-35(6-2)19-11-9-13-21-40-32(38)25-15-17-27-28-18-16-26(24-30(28)34-31(37)29(27)23-25)33(39)41-22-14-10-12-20-36(7-3)8-4/h15-18,23-24H,5-14,19-22H2,1-4H3,(H,34,37). The van der Waals surface area contributed by atoms with Crippen molar-refractivity contribution >= 4 is 33.6 Å². The highest BCUT2D eigenvalue weighted by Gasteiger charge is 2.14. The molecule has 1 N–H and O–H groups in total. The van der Waals surface area contributed by atoms with E-state index in [4.69, 9.17) is 9.47 Å². The van der Waals surface area contributed by atoms with E-state index in [1.54, 1.807) is 30.3 Å². The van der Waals surface area contributed by atoms with Crippen LogP contribution < -0.4 is 5.56 Å². The Morgan fingerprint density at radius 2 is 1.12 bits per heavy atom. The van der Waals surface area contributed by atoms with Crippen LogP contribution in [0.1, 0.15) is 86.9 Å². The summed E-state index contributed by atoms with van der Waals surface area (Å²) in [7, 11) is 0. The highest BCUT2D eigenvalue weighted by molar-refractivity contribution is 6.08. The minimum atomic E-state index is -0.429. The number of carbonyl (C=O) groups is 2. The molecule has 0 bridgehead atoms. The molecule has 41 heavy (non-hydrogen) atoms. The number of carbonyl (C=O) groups excluding carboxylic acids is 2. The van der Waals surface area contributed by atoms with Crippen molar-refractivity contribution in [2.24, 2.45) is 0 Å². The molecule has 0 saturated carbocycles. The van der Waals surface area contributed by atoms with Crippen LogP contribution in [-0.2, 0) is 9.47 Å². The lowest BCUT2D eigenvalue weighted by Gasteiger charge is -2.17. The first-order chi connectivity index (χ1) is 19.9. The second-order valence-corrected chi connectivity index (χ2v) is 10.4. The number of aromatic nitrogens is 1. The lowest BCUT2D eigenvalue weighted by atomic mass is 10.0. The number of hydrogen-bond donors (Lipinski definition) is 1. The number of nitrogens with zero attached hydrogens (tertiary/aromatic N) is 2. The molecule has 0 unspecified atom stereocenters. The van der Waals surface area contributed by atoms with Gasteiger partial charge in [-0.05, 0) is 107 Å². The van der Waals surface area contributed by atoms with Crippen molar-refractivity contribution in [2.75, 3.05) is 52.5 Å². The average molecular weight is 566 g/mol. The summed E-state index contributed by atoms with van der Waals surface area (Å²) in [6.45, 7) is 15.7. The maximum absolute atomic E-state index is 12.9. The SMILES string of the molecule is CCN(CC)CCCCCOC(=O)c1ccc2c(c1)[nH]c(=O)c1cc(C(=O)OCCCCCN(CC)CC)ccc12. The summed E-state index contributed by atoms with van der Waals surface area (Å²) >= 11 is 0. The van der Waals surface area contributed by atoms with E-state index in [0.717, 1.165) is 83.2 Å². The number of H-pyrrole nitrogens is 1. The fraction of sp³-hybridized carbons (Fsp3) is 0.545. The number of benzene rings is 2. The molecular formula is C33H47N3O5. The van der Waals surface area contributed by atoms with E-state index in [2.05, 4.69) is 42.5 Å². The number of nitrogens with one attached hydrogen (secondary N) is 1. The van der Waals surface area contributed by atoms with Gasteiger partial charge in [0.25, 0.3) is 5.56 Å². The van der Waals surface area contributed by atoms with Gasteiger partial charge in [0.15, 0.2) is 0 Å². The topological polar surface area (TPSA) is 91.9 Å². The van der Waals surface area contributed by atoms with Crippen LogP contribution in [-0.4, -0.2) is 79.2 Å². The third-order valence-electron chi connectivity index (χ3n) is 7.79. The van der Waals surface area contributed by atoms with Crippen molar-refractivity contribution in [3.05, 3.63) is 57.9 Å². The van der Waals surface area contributed by atoms with Gasteiger partial charge in [-0.1, -0.05) is 39.8 Å². The molecule has 3 rings (SSSR count). The maximum atomic E-state index is 12.9. The minimum absolute atomic E-state index is 0.322. The smallest absolute Gasteiger partial charge is 0.338 e. The summed E-state index contributed by atoms with van der Waals surface area (Å²) in [6.07, 6.45) is 5.80. The molecule has 0 aliphatic heterocycles. The Balaban J connectivity index is 1.56. The van der Waals surface area contributed by atoms with Crippen molar-refractivity contribution in [3.8, 4) is 0 Å². The van der Waals surface area contributed by atoms with Crippen LogP contribution >= 0.6 is 0 Å². The number of rotatable bonds is 18. The second kappa shape index (κ2) is 16.9. The zero-order valence-corrected chi connectivity index (χ0v) is 25.3. The molecule has 2 aromatic carbocycles. The lowest BCUT2D eigenvalue weighted by Crippen LogP contribution is -2.23. The number of unbranched alkanes of at least 4 members (excludes halogenated alkanes) is 4. The molecule has 0 atom stereocenters. The van der Waals surface area contributed by atoms with Crippen LogP contribution in [0.2, 0.25) is 0 Å². The molecular weight excluding hydrogens is 518 g/mol. The molecule has 224 valence electrons. The number of hydrogen-bond acceptors (Lipinski definition) is 7. The van der Waals surface area contributed by atoms with E-state index in [9.17, 15) is 14.4 Å². The van der Waals surface area contributed by atoms with Crippen LogP contribution in [0.15, 0.2) is 41.2 Å². The first-order valence-electron chi connectivity index (χ1n) is 15.3. The van der Waals surface area contributed by atoms with Gasteiger partial charge >= 0.3 is 11.9 Å². The van der Waals surface area contributed by atoms with Crippen LogP contribution in [0.25, 0.3) is 21.7 Å². The van der Waals surface area contributed by atoms with E-state index >= 15 is 0 Å². The Kier molecular flexibility index (Phi) is 13.3. The van der Waals surface area contributed by atoms with Gasteiger partial charge in [0.1, 0.15) is 0 Å². The van der Waals surface area contributed by atoms with Gasteiger partial charge in [-0.2, -0.15) is 0 Å². The van der Waals surface area contributed by atoms with Gasteiger partial charge in [0.2, 0.25) is 0 Å². The van der Waals surface area contributed by atoms with Gasteiger partial charge in [-0.3, -0.25) is 4.79 Å². The van der Waals surface area contributed by atoms with Crippen LogP contribution in [0.3, 0.4) is 0 Å².